The molecule has 0 saturated heterocycles. The van der Waals surface area contributed by atoms with Crippen molar-refractivity contribution < 1.29 is 18.7 Å². The van der Waals surface area contributed by atoms with Gasteiger partial charge in [-0.15, -0.1) is 0 Å². The molecule has 0 unspecified atom stereocenters. The average Bonchev–Trinajstić information content (AvgIpc) is 3.27. The average molecular weight is 380 g/mol. The van der Waals surface area contributed by atoms with Crippen LogP contribution in [0.3, 0.4) is 0 Å². The van der Waals surface area contributed by atoms with Crippen molar-refractivity contribution >= 4 is 28.7 Å². The van der Waals surface area contributed by atoms with Crippen LogP contribution >= 0.6 is 0 Å². The lowest BCUT2D eigenvalue weighted by Gasteiger charge is -2.17. The second-order valence-corrected chi connectivity index (χ2v) is 6.68. The number of hydrogen-bond donors (Lipinski definition) is 0. The standard InChI is InChI=1S/C21H20N2O5/c24-19(22-13-11-15-6-1-2-7-16(15)22)14-27-20(25)10-5-12-23-17-8-3-4-9-18(17)28-21(23)26/h1-4,6-9H,5,10-14H2. The molecule has 7 heteroatoms. The fourth-order valence-electron chi connectivity index (χ4n) is 3.50. The van der Waals surface area contributed by atoms with Gasteiger partial charge in [0.25, 0.3) is 5.91 Å². The molecule has 0 bridgehead atoms. The zero-order valence-electron chi connectivity index (χ0n) is 15.3. The van der Waals surface area contributed by atoms with Crippen LogP contribution in [0, 0.1) is 0 Å². The van der Waals surface area contributed by atoms with Crippen molar-refractivity contribution in [3.63, 3.8) is 0 Å². The van der Waals surface area contributed by atoms with E-state index in [0.29, 0.717) is 30.6 Å². The van der Waals surface area contributed by atoms with Gasteiger partial charge in [-0.05, 0) is 36.6 Å². The summed E-state index contributed by atoms with van der Waals surface area (Å²) in [6.07, 6.45) is 1.35. The summed E-state index contributed by atoms with van der Waals surface area (Å²) in [6.45, 7) is 0.673. The number of fused-ring (bicyclic) bond motifs is 2. The van der Waals surface area contributed by atoms with Crippen LogP contribution in [0.25, 0.3) is 11.1 Å². The second-order valence-electron chi connectivity index (χ2n) is 6.68. The van der Waals surface area contributed by atoms with Crippen LogP contribution in [0.5, 0.6) is 0 Å². The van der Waals surface area contributed by atoms with Gasteiger partial charge >= 0.3 is 11.7 Å². The maximum absolute atomic E-state index is 12.4. The first-order valence-corrected chi connectivity index (χ1v) is 9.26. The van der Waals surface area contributed by atoms with Crippen molar-refractivity contribution in [2.75, 3.05) is 18.1 Å². The highest BCUT2D eigenvalue weighted by atomic mass is 16.5. The number of carbonyl (C=O) groups is 2. The van der Waals surface area contributed by atoms with E-state index in [-0.39, 0.29) is 18.9 Å². The number of ether oxygens (including phenoxy) is 1. The summed E-state index contributed by atoms with van der Waals surface area (Å²) in [4.78, 5) is 37.9. The van der Waals surface area contributed by atoms with Crippen molar-refractivity contribution in [3.8, 4) is 0 Å². The molecule has 0 radical (unpaired) electrons. The summed E-state index contributed by atoms with van der Waals surface area (Å²) < 4.78 is 11.8. The van der Waals surface area contributed by atoms with E-state index < -0.39 is 11.7 Å². The van der Waals surface area contributed by atoms with E-state index in [1.807, 2.05) is 30.3 Å². The Morgan fingerprint density at radius 3 is 2.75 bits per heavy atom. The predicted molar refractivity (Wildman–Crippen MR) is 103 cm³/mol. The van der Waals surface area contributed by atoms with Crippen molar-refractivity contribution in [3.05, 3.63) is 64.6 Å². The highest BCUT2D eigenvalue weighted by Gasteiger charge is 2.24. The number of esters is 1. The largest absolute Gasteiger partial charge is 0.456 e. The summed E-state index contributed by atoms with van der Waals surface area (Å²) in [5, 5.41) is 0. The smallest absolute Gasteiger partial charge is 0.419 e. The normalized spacial score (nSPS) is 12.9. The lowest BCUT2D eigenvalue weighted by atomic mass is 10.2. The van der Waals surface area contributed by atoms with Crippen LogP contribution in [-0.4, -0.2) is 29.6 Å². The number of rotatable bonds is 6. The maximum atomic E-state index is 12.4. The molecule has 0 spiro atoms. The fourth-order valence-corrected chi connectivity index (χ4v) is 3.50. The molecule has 1 amide bonds. The molecule has 3 aromatic rings. The number of aromatic nitrogens is 1. The number of aryl methyl sites for hydroxylation is 1. The van der Waals surface area contributed by atoms with Crippen LogP contribution in [0.4, 0.5) is 5.69 Å². The first kappa shape index (κ1) is 18.0. The molecule has 1 aromatic heterocycles. The minimum absolute atomic E-state index is 0.121. The predicted octanol–water partition coefficient (Wildman–Crippen LogP) is 2.51. The lowest BCUT2D eigenvalue weighted by molar-refractivity contribution is -0.147. The Kier molecular flexibility index (Phi) is 4.97. The summed E-state index contributed by atoms with van der Waals surface area (Å²) in [6, 6.07) is 14.9. The Bertz CT molecular complexity index is 1080. The van der Waals surface area contributed by atoms with Gasteiger partial charge in [0.2, 0.25) is 0 Å². The SMILES string of the molecule is O=C(CCCn1c(=O)oc2ccccc21)OCC(=O)N1CCc2ccccc21. The zero-order valence-corrected chi connectivity index (χ0v) is 15.3. The second kappa shape index (κ2) is 7.72. The minimum Gasteiger partial charge on any atom is -0.456 e. The number of anilines is 1. The van der Waals surface area contributed by atoms with Crippen molar-refractivity contribution in [2.24, 2.45) is 0 Å². The van der Waals surface area contributed by atoms with Gasteiger partial charge in [0.15, 0.2) is 12.2 Å². The van der Waals surface area contributed by atoms with Crippen LogP contribution in [0.1, 0.15) is 18.4 Å². The first-order chi connectivity index (χ1) is 13.6. The molecule has 0 atom stereocenters. The highest BCUT2D eigenvalue weighted by Crippen LogP contribution is 2.27. The van der Waals surface area contributed by atoms with E-state index in [1.54, 1.807) is 23.1 Å². The third-order valence-electron chi connectivity index (χ3n) is 4.88. The monoisotopic (exact) mass is 380 g/mol. The zero-order chi connectivity index (χ0) is 19.5. The van der Waals surface area contributed by atoms with Crippen molar-refractivity contribution in [1.82, 2.24) is 4.57 Å². The molecule has 2 heterocycles. The Morgan fingerprint density at radius 1 is 1.07 bits per heavy atom. The number of amides is 1. The van der Waals surface area contributed by atoms with Gasteiger partial charge in [0, 0.05) is 25.2 Å². The van der Waals surface area contributed by atoms with Crippen LogP contribution in [0.15, 0.2) is 57.7 Å². The van der Waals surface area contributed by atoms with Gasteiger partial charge in [-0.2, -0.15) is 0 Å². The molecular formula is C21H20N2O5. The third-order valence-corrected chi connectivity index (χ3v) is 4.88. The molecule has 28 heavy (non-hydrogen) atoms. The summed E-state index contributed by atoms with van der Waals surface area (Å²) in [7, 11) is 0. The van der Waals surface area contributed by atoms with Gasteiger partial charge in [-0.25, -0.2) is 4.79 Å². The quantitative estimate of drug-likeness (QED) is 0.614. The van der Waals surface area contributed by atoms with Crippen molar-refractivity contribution in [2.45, 2.75) is 25.8 Å². The summed E-state index contributed by atoms with van der Waals surface area (Å²) in [5.41, 5.74) is 3.23. The minimum atomic E-state index is -0.457. The summed E-state index contributed by atoms with van der Waals surface area (Å²) >= 11 is 0. The molecule has 0 N–H and O–H groups in total. The maximum Gasteiger partial charge on any atom is 0.419 e. The Morgan fingerprint density at radius 2 is 1.86 bits per heavy atom. The molecule has 0 saturated carbocycles. The van der Waals surface area contributed by atoms with E-state index in [4.69, 9.17) is 9.15 Å². The molecule has 1 aliphatic rings. The van der Waals surface area contributed by atoms with Crippen LogP contribution in [-0.2, 0) is 27.3 Å². The number of benzene rings is 2. The molecule has 0 fully saturated rings. The molecule has 4 rings (SSSR count). The molecular weight excluding hydrogens is 360 g/mol. The Labute approximate surface area is 161 Å². The summed E-state index contributed by atoms with van der Waals surface area (Å²) in [5.74, 6) is -1.13. The third kappa shape index (κ3) is 3.55. The highest BCUT2D eigenvalue weighted by molar-refractivity contribution is 5.97. The number of oxazole rings is 1. The molecule has 7 nitrogen and oxygen atoms in total. The first-order valence-electron chi connectivity index (χ1n) is 9.26. The Balaban J connectivity index is 1.27. The van der Waals surface area contributed by atoms with E-state index in [1.165, 1.54) is 4.57 Å². The van der Waals surface area contributed by atoms with E-state index in [9.17, 15) is 14.4 Å². The topological polar surface area (TPSA) is 81.7 Å². The van der Waals surface area contributed by atoms with Crippen molar-refractivity contribution in [1.29, 1.82) is 0 Å². The van der Waals surface area contributed by atoms with Crippen LogP contribution in [0.2, 0.25) is 0 Å². The molecule has 1 aliphatic heterocycles. The number of nitrogens with zero attached hydrogens (tertiary/aromatic N) is 2. The molecule has 144 valence electrons. The van der Waals surface area contributed by atoms with E-state index in [0.717, 1.165) is 17.7 Å². The van der Waals surface area contributed by atoms with E-state index in [2.05, 4.69) is 0 Å². The number of para-hydroxylation sites is 3. The van der Waals surface area contributed by atoms with Crippen LogP contribution < -0.4 is 10.7 Å². The number of carbonyl (C=O) groups excluding carboxylic acids is 2. The number of hydrogen-bond acceptors (Lipinski definition) is 5. The van der Waals surface area contributed by atoms with Gasteiger partial charge in [-0.3, -0.25) is 14.2 Å². The lowest BCUT2D eigenvalue weighted by Crippen LogP contribution is -2.33. The molecule has 2 aromatic carbocycles. The van der Waals surface area contributed by atoms with Gasteiger partial charge in [0.1, 0.15) is 0 Å². The van der Waals surface area contributed by atoms with Gasteiger partial charge in [0.05, 0.1) is 5.52 Å². The van der Waals surface area contributed by atoms with Gasteiger partial charge in [-0.1, -0.05) is 30.3 Å². The van der Waals surface area contributed by atoms with E-state index >= 15 is 0 Å². The molecule has 0 aliphatic carbocycles. The fraction of sp³-hybridized carbons (Fsp3) is 0.286. The van der Waals surface area contributed by atoms with Gasteiger partial charge < -0.3 is 14.1 Å². The Hall–Kier alpha value is -3.35.